The highest BCUT2D eigenvalue weighted by Gasteiger charge is 2.16. The van der Waals surface area contributed by atoms with Crippen molar-refractivity contribution in [1.29, 1.82) is 0 Å². The number of carbonyl (C=O) groups is 1. The Kier molecular flexibility index (Phi) is 3.96. The number of nitrogens with zero attached hydrogens (tertiary/aromatic N) is 2. The van der Waals surface area contributed by atoms with Crippen LogP contribution in [0.1, 0.15) is 21.6 Å². The Morgan fingerprint density at radius 1 is 1.47 bits per heavy atom. The van der Waals surface area contributed by atoms with Crippen LogP contribution in [0.2, 0.25) is 5.15 Å². The molecule has 0 amide bonds. The van der Waals surface area contributed by atoms with Crippen LogP contribution >= 0.6 is 27.5 Å². The molecule has 0 radical (unpaired) electrons. The average molecular weight is 343 g/mol. The monoisotopic (exact) mass is 341 g/mol. The second-order valence-corrected chi connectivity index (χ2v) is 5.63. The number of anilines is 1. The molecule has 0 saturated heterocycles. The molecule has 100 valence electrons. The van der Waals surface area contributed by atoms with Crippen LogP contribution in [-0.2, 0) is 13.5 Å². The highest BCUT2D eigenvalue weighted by atomic mass is 79.9. The Hall–Kier alpha value is -1.33. The van der Waals surface area contributed by atoms with Gasteiger partial charge in [-0.15, -0.1) is 0 Å². The molecule has 2 rings (SSSR count). The zero-order valence-electron chi connectivity index (χ0n) is 10.6. The van der Waals surface area contributed by atoms with Gasteiger partial charge in [0.15, 0.2) is 5.78 Å². The van der Waals surface area contributed by atoms with Crippen LogP contribution in [0.4, 0.5) is 5.69 Å². The maximum atomic E-state index is 12.3. The van der Waals surface area contributed by atoms with Gasteiger partial charge >= 0.3 is 0 Å². The molecule has 0 bridgehead atoms. The summed E-state index contributed by atoms with van der Waals surface area (Å²) < 4.78 is 2.35. The van der Waals surface area contributed by atoms with Crippen LogP contribution in [0.5, 0.6) is 0 Å². The van der Waals surface area contributed by atoms with E-state index in [9.17, 15) is 4.79 Å². The van der Waals surface area contributed by atoms with Crippen molar-refractivity contribution in [2.45, 2.75) is 13.3 Å². The summed E-state index contributed by atoms with van der Waals surface area (Å²) in [5, 5.41) is 4.69. The van der Waals surface area contributed by atoms with Crippen LogP contribution < -0.4 is 5.73 Å². The molecule has 1 heterocycles. The van der Waals surface area contributed by atoms with E-state index < -0.39 is 0 Å². The highest BCUT2D eigenvalue weighted by Crippen LogP contribution is 2.23. The van der Waals surface area contributed by atoms with Gasteiger partial charge in [0, 0.05) is 34.8 Å². The molecule has 6 heteroatoms. The van der Waals surface area contributed by atoms with Crippen molar-refractivity contribution < 1.29 is 4.79 Å². The van der Waals surface area contributed by atoms with Crippen LogP contribution in [0.3, 0.4) is 0 Å². The van der Waals surface area contributed by atoms with Gasteiger partial charge in [0.2, 0.25) is 0 Å². The normalized spacial score (nSPS) is 10.7. The molecular weight excluding hydrogens is 330 g/mol. The van der Waals surface area contributed by atoms with Gasteiger partial charge in [0.05, 0.1) is 5.69 Å². The lowest BCUT2D eigenvalue weighted by Gasteiger charge is -2.04. The summed E-state index contributed by atoms with van der Waals surface area (Å²) in [6, 6.07) is 5.16. The van der Waals surface area contributed by atoms with Gasteiger partial charge in [-0.3, -0.25) is 9.48 Å². The zero-order chi connectivity index (χ0) is 14.2. The summed E-state index contributed by atoms with van der Waals surface area (Å²) in [5.41, 5.74) is 8.36. The van der Waals surface area contributed by atoms with Gasteiger partial charge in [0.25, 0.3) is 0 Å². The maximum Gasteiger partial charge on any atom is 0.167 e. The van der Waals surface area contributed by atoms with E-state index >= 15 is 0 Å². The van der Waals surface area contributed by atoms with Crippen molar-refractivity contribution in [2.75, 3.05) is 5.73 Å². The summed E-state index contributed by atoms with van der Waals surface area (Å²) in [4.78, 5) is 12.3. The van der Waals surface area contributed by atoms with Crippen molar-refractivity contribution in [3.05, 3.63) is 44.6 Å². The number of benzene rings is 1. The van der Waals surface area contributed by atoms with Gasteiger partial charge in [-0.1, -0.05) is 27.5 Å². The van der Waals surface area contributed by atoms with Gasteiger partial charge in [0.1, 0.15) is 5.15 Å². The van der Waals surface area contributed by atoms with E-state index in [0.717, 1.165) is 15.7 Å². The molecule has 0 saturated carbocycles. The Morgan fingerprint density at radius 3 is 2.68 bits per heavy atom. The third-order valence-corrected chi connectivity index (χ3v) is 3.78. The van der Waals surface area contributed by atoms with Crippen LogP contribution in [0.15, 0.2) is 22.7 Å². The minimum Gasteiger partial charge on any atom is -0.399 e. The van der Waals surface area contributed by atoms with E-state index in [1.807, 2.05) is 6.92 Å². The summed E-state index contributed by atoms with van der Waals surface area (Å²) in [6.45, 7) is 1.84. The van der Waals surface area contributed by atoms with Crippen LogP contribution in [0.25, 0.3) is 0 Å². The topological polar surface area (TPSA) is 60.9 Å². The van der Waals surface area contributed by atoms with Crippen molar-refractivity contribution in [3.8, 4) is 0 Å². The third-order valence-electron chi connectivity index (χ3n) is 2.85. The molecule has 0 unspecified atom stereocenters. The molecule has 0 fully saturated rings. The molecule has 0 aliphatic rings. The van der Waals surface area contributed by atoms with Crippen molar-refractivity contribution in [3.63, 3.8) is 0 Å². The lowest BCUT2D eigenvalue weighted by molar-refractivity contribution is 0.0992. The first-order valence-corrected chi connectivity index (χ1v) is 6.83. The lowest BCUT2D eigenvalue weighted by atomic mass is 10.0. The fraction of sp³-hybridized carbons (Fsp3) is 0.231. The van der Waals surface area contributed by atoms with Crippen LogP contribution in [0, 0.1) is 6.92 Å². The summed E-state index contributed by atoms with van der Waals surface area (Å²) in [6.07, 6.45) is 0.217. The van der Waals surface area contributed by atoms with Gasteiger partial charge in [-0.2, -0.15) is 5.10 Å². The van der Waals surface area contributed by atoms with E-state index in [2.05, 4.69) is 21.0 Å². The van der Waals surface area contributed by atoms with E-state index in [-0.39, 0.29) is 12.2 Å². The SMILES string of the molecule is Cc1nn(C)c(Cl)c1CC(=O)c1cc(N)cc(Br)c1. The predicted molar refractivity (Wildman–Crippen MR) is 79.5 cm³/mol. The molecular formula is C13H13BrClN3O. The Bertz CT molecular complexity index is 631. The maximum absolute atomic E-state index is 12.3. The number of carbonyl (C=O) groups excluding carboxylic acids is 1. The number of nitrogen functional groups attached to an aromatic ring is 1. The number of hydrogen-bond acceptors (Lipinski definition) is 3. The average Bonchev–Trinajstić information content (AvgIpc) is 2.54. The van der Waals surface area contributed by atoms with Crippen LogP contribution in [-0.4, -0.2) is 15.6 Å². The Balaban J connectivity index is 2.30. The Labute approximate surface area is 124 Å². The van der Waals surface area contributed by atoms with E-state index in [1.165, 1.54) is 0 Å². The summed E-state index contributed by atoms with van der Waals surface area (Å²) in [5.74, 6) is -0.0361. The number of rotatable bonds is 3. The van der Waals surface area contributed by atoms with E-state index in [4.69, 9.17) is 17.3 Å². The largest absolute Gasteiger partial charge is 0.399 e. The van der Waals surface area contributed by atoms with Crippen molar-refractivity contribution in [1.82, 2.24) is 9.78 Å². The third kappa shape index (κ3) is 2.98. The number of nitrogens with two attached hydrogens (primary N) is 1. The van der Waals surface area contributed by atoms with Gasteiger partial charge < -0.3 is 5.73 Å². The second-order valence-electron chi connectivity index (χ2n) is 4.35. The first-order chi connectivity index (χ1) is 8.88. The molecule has 0 aliphatic carbocycles. The number of Topliss-reactive ketones (excluding diaryl/α,β-unsaturated/α-hetero) is 1. The van der Waals surface area contributed by atoms with Crippen molar-refractivity contribution in [2.24, 2.45) is 7.05 Å². The fourth-order valence-corrected chi connectivity index (χ4v) is 2.66. The molecule has 1 aromatic heterocycles. The smallest absolute Gasteiger partial charge is 0.167 e. The molecule has 2 aromatic rings. The minimum atomic E-state index is -0.0361. The number of ketones is 1. The summed E-state index contributed by atoms with van der Waals surface area (Å²) in [7, 11) is 1.75. The molecule has 0 spiro atoms. The molecule has 0 aliphatic heterocycles. The standard InChI is InChI=1S/C13H13BrClN3O/c1-7-11(13(15)18(2)17-7)6-12(19)8-3-9(14)5-10(16)4-8/h3-5H,6,16H2,1-2H3. The van der Waals surface area contributed by atoms with Gasteiger partial charge in [-0.25, -0.2) is 0 Å². The number of hydrogen-bond donors (Lipinski definition) is 1. The first-order valence-electron chi connectivity index (χ1n) is 5.65. The van der Waals surface area contributed by atoms with E-state index in [0.29, 0.717) is 16.4 Å². The zero-order valence-corrected chi connectivity index (χ0v) is 12.9. The fourth-order valence-electron chi connectivity index (χ4n) is 1.91. The molecule has 19 heavy (non-hydrogen) atoms. The summed E-state index contributed by atoms with van der Waals surface area (Å²) >= 11 is 9.45. The van der Waals surface area contributed by atoms with E-state index in [1.54, 1.807) is 29.9 Å². The minimum absolute atomic E-state index is 0.0361. The molecule has 2 N–H and O–H groups in total. The predicted octanol–water partition coefficient (Wildman–Crippen LogP) is 3.15. The molecule has 4 nitrogen and oxygen atoms in total. The second kappa shape index (κ2) is 5.35. The number of aromatic nitrogens is 2. The molecule has 1 aromatic carbocycles. The Morgan fingerprint density at radius 2 is 2.16 bits per heavy atom. The molecule has 0 atom stereocenters. The van der Waals surface area contributed by atoms with Gasteiger partial charge in [-0.05, 0) is 25.1 Å². The number of aryl methyl sites for hydroxylation is 2. The lowest BCUT2D eigenvalue weighted by Crippen LogP contribution is -2.05. The quantitative estimate of drug-likeness (QED) is 0.688. The number of halogens is 2. The van der Waals surface area contributed by atoms with Crippen molar-refractivity contribution >= 4 is 39.0 Å². The highest BCUT2D eigenvalue weighted by molar-refractivity contribution is 9.10. The first kappa shape index (κ1) is 14.1.